The van der Waals surface area contributed by atoms with Gasteiger partial charge in [-0.15, -0.1) is 0 Å². The average molecular weight is 280 g/mol. The van der Waals surface area contributed by atoms with Crippen LogP contribution in [0, 0.1) is 0 Å². The normalized spacial score (nSPS) is 11.0. The zero-order chi connectivity index (χ0) is 15.3. The fraction of sp³-hybridized carbons (Fsp3) is 0.250. The van der Waals surface area contributed by atoms with Crippen molar-refractivity contribution in [1.82, 2.24) is 0 Å². The second kappa shape index (κ2) is 6.07. The molecule has 0 radical (unpaired) electrons. The Balaban J connectivity index is 0. The lowest BCUT2D eigenvalue weighted by molar-refractivity contribution is -0.146. The van der Waals surface area contributed by atoms with Crippen LogP contribution >= 0.6 is 0 Å². The van der Waals surface area contributed by atoms with E-state index in [2.05, 4.69) is 13.2 Å². The number of alkyl halides is 6. The number of carbonyl (C=O) groups is 2. The van der Waals surface area contributed by atoms with Gasteiger partial charge in [-0.05, 0) is 0 Å². The summed E-state index contributed by atoms with van der Waals surface area (Å²) in [6.45, 7) is 4.60. The average Bonchev–Trinajstić information content (AvgIpc) is 2.13. The van der Waals surface area contributed by atoms with Gasteiger partial charge >= 0.3 is 24.3 Å². The van der Waals surface area contributed by atoms with Crippen molar-refractivity contribution in [2.75, 3.05) is 0 Å². The monoisotopic (exact) mass is 280 g/mol. The lowest BCUT2D eigenvalue weighted by atomic mass is 10.3. The molecule has 0 saturated carbocycles. The van der Waals surface area contributed by atoms with Crippen LogP contribution in [0.15, 0.2) is 24.3 Å². The Morgan fingerprint density at radius 2 is 0.889 bits per heavy atom. The van der Waals surface area contributed by atoms with E-state index in [0.29, 0.717) is 0 Å². The quantitative estimate of drug-likeness (QED) is 0.601. The van der Waals surface area contributed by atoms with Crippen molar-refractivity contribution in [2.24, 2.45) is 0 Å². The molecule has 18 heavy (non-hydrogen) atoms. The fourth-order valence-corrected chi connectivity index (χ4v) is 0.243. The van der Waals surface area contributed by atoms with Gasteiger partial charge in [0, 0.05) is 0 Å². The highest BCUT2D eigenvalue weighted by atomic mass is 19.4. The molecule has 0 heterocycles. The molecule has 0 fully saturated rings. The van der Waals surface area contributed by atoms with E-state index in [9.17, 15) is 35.9 Å². The summed E-state index contributed by atoms with van der Waals surface area (Å²) in [4.78, 5) is 19.1. The molecule has 0 spiro atoms. The zero-order valence-electron chi connectivity index (χ0n) is 8.39. The van der Waals surface area contributed by atoms with Gasteiger partial charge in [0.15, 0.2) is 0 Å². The predicted molar refractivity (Wildman–Crippen MR) is 45.7 cm³/mol. The van der Waals surface area contributed by atoms with Crippen molar-refractivity contribution in [3.05, 3.63) is 24.3 Å². The third-order valence-corrected chi connectivity index (χ3v) is 1.20. The molecule has 0 aromatic carbocycles. The van der Waals surface area contributed by atoms with Gasteiger partial charge in [0.05, 0.1) is 0 Å². The SMILES string of the molecule is C=C(C(=O)O)C(F)(F)F.C=C(C(=O)O)C(F)(F)F. The van der Waals surface area contributed by atoms with Gasteiger partial charge in [0.2, 0.25) is 0 Å². The van der Waals surface area contributed by atoms with Gasteiger partial charge in [-0.2, -0.15) is 26.3 Å². The van der Waals surface area contributed by atoms with Gasteiger partial charge in [-0.3, -0.25) is 0 Å². The van der Waals surface area contributed by atoms with Gasteiger partial charge in [0.1, 0.15) is 11.1 Å². The van der Waals surface area contributed by atoms with E-state index in [1.54, 1.807) is 0 Å². The molecule has 0 aromatic rings. The molecule has 0 bridgehead atoms. The molecule has 0 amide bonds. The molecule has 0 unspecified atom stereocenters. The first-order valence-corrected chi connectivity index (χ1v) is 3.70. The molecular weight excluding hydrogens is 274 g/mol. The molecule has 10 heteroatoms. The standard InChI is InChI=1S/2C4H3F3O2/c2*1-2(3(8)9)4(5,6)7/h2*1H2,(H,8,9). The number of carboxylic acids is 2. The van der Waals surface area contributed by atoms with E-state index < -0.39 is 35.4 Å². The Bertz CT molecular complexity index is 329. The van der Waals surface area contributed by atoms with Crippen molar-refractivity contribution in [3.8, 4) is 0 Å². The molecule has 0 saturated heterocycles. The minimum Gasteiger partial charge on any atom is -0.478 e. The summed E-state index contributed by atoms with van der Waals surface area (Å²) in [6.07, 6.45) is -9.63. The first-order valence-electron chi connectivity index (χ1n) is 3.70. The summed E-state index contributed by atoms with van der Waals surface area (Å²) in [7, 11) is 0. The largest absolute Gasteiger partial charge is 0.478 e. The van der Waals surface area contributed by atoms with Crippen LogP contribution < -0.4 is 0 Å². The van der Waals surface area contributed by atoms with Crippen LogP contribution in [-0.4, -0.2) is 34.5 Å². The van der Waals surface area contributed by atoms with Gasteiger partial charge < -0.3 is 10.2 Å². The second-order valence-corrected chi connectivity index (χ2v) is 2.56. The highest BCUT2D eigenvalue weighted by molar-refractivity contribution is 5.87. The Labute approximate surface area is 95.8 Å². The maximum absolute atomic E-state index is 11.2. The molecule has 104 valence electrons. The van der Waals surface area contributed by atoms with Gasteiger partial charge in [0.25, 0.3) is 0 Å². The lowest BCUT2D eigenvalue weighted by Gasteiger charge is -2.02. The fourth-order valence-electron chi connectivity index (χ4n) is 0.243. The molecule has 4 nitrogen and oxygen atoms in total. The summed E-state index contributed by atoms with van der Waals surface area (Å²) >= 11 is 0. The molecule has 0 atom stereocenters. The number of carboxylic acid groups (broad SMARTS) is 2. The summed E-state index contributed by atoms with van der Waals surface area (Å²) < 4.78 is 67.3. The summed E-state index contributed by atoms with van der Waals surface area (Å²) in [5, 5.41) is 15.4. The smallest absolute Gasteiger partial charge is 0.422 e. The molecule has 0 rings (SSSR count). The summed E-state index contributed by atoms with van der Waals surface area (Å²) in [5.74, 6) is -4.08. The Hall–Kier alpha value is -2.00. The highest BCUT2D eigenvalue weighted by Crippen LogP contribution is 2.24. The van der Waals surface area contributed by atoms with Crippen LogP contribution in [0.5, 0.6) is 0 Å². The van der Waals surface area contributed by atoms with Crippen molar-refractivity contribution < 1.29 is 46.1 Å². The maximum atomic E-state index is 11.2. The van der Waals surface area contributed by atoms with Crippen LogP contribution in [-0.2, 0) is 9.59 Å². The third kappa shape index (κ3) is 7.30. The Morgan fingerprint density at radius 3 is 0.889 bits per heavy atom. The van der Waals surface area contributed by atoms with Crippen molar-refractivity contribution >= 4 is 11.9 Å². The minimum atomic E-state index is -4.81. The van der Waals surface area contributed by atoms with Crippen LogP contribution in [0.1, 0.15) is 0 Å². The maximum Gasteiger partial charge on any atom is 0.422 e. The van der Waals surface area contributed by atoms with Crippen LogP contribution in [0.2, 0.25) is 0 Å². The Morgan fingerprint density at radius 1 is 0.722 bits per heavy atom. The molecule has 2 N–H and O–H groups in total. The van der Waals surface area contributed by atoms with Crippen LogP contribution in [0.3, 0.4) is 0 Å². The third-order valence-electron chi connectivity index (χ3n) is 1.20. The number of rotatable bonds is 2. The topological polar surface area (TPSA) is 74.6 Å². The van der Waals surface area contributed by atoms with E-state index in [1.807, 2.05) is 0 Å². The van der Waals surface area contributed by atoms with Crippen LogP contribution in [0.4, 0.5) is 26.3 Å². The number of hydrogen-bond donors (Lipinski definition) is 2. The zero-order valence-corrected chi connectivity index (χ0v) is 8.39. The van der Waals surface area contributed by atoms with Gasteiger partial charge in [-0.25, -0.2) is 9.59 Å². The van der Waals surface area contributed by atoms with E-state index in [-0.39, 0.29) is 0 Å². The predicted octanol–water partition coefficient (Wildman–Crippen LogP) is 2.38. The van der Waals surface area contributed by atoms with Crippen molar-refractivity contribution in [1.29, 1.82) is 0 Å². The van der Waals surface area contributed by atoms with E-state index in [4.69, 9.17) is 10.2 Å². The van der Waals surface area contributed by atoms with E-state index in [1.165, 1.54) is 0 Å². The first kappa shape index (κ1) is 18.4. The number of hydrogen-bond acceptors (Lipinski definition) is 2. The minimum absolute atomic E-state index is 1.75. The first-order chi connectivity index (χ1) is 7.71. The summed E-state index contributed by atoms with van der Waals surface area (Å²) in [6, 6.07) is 0. The van der Waals surface area contributed by atoms with Gasteiger partial charge in [-0.1, -0.05) is 13.2 Å². The van der Waals surface area contributed by atoms with Crippen molar-refractivity contribution in [2.45, 2.75) is 12.4 Å². The highest BCUT2D eigenvalue weighted by Gasteiger charge is 2.37. The van der Waals surface area contributed by atoms with Crippen LogP contribution in [0.25, 0.3) is 0 Å². The molecule has 0 aliphatic carbocycles. The van der Waals surface area contributed by atoms with Crippen molar-refractivity contribution in [3.63, 3.8) is 0 Å². The molecule has 0 aliphatic rings. The Kier molecular flexibility index (Phi) is 6.20. The molecular formula is C8H6F6O4. The summed E-state index contributed by atoms with van der Waals surface area (Å²) in [5.41, 5.74) is -3.50. The second-order valence-electron chi connectivity index (χ2n) is 2.56. The van der Waals surface area contributed by atoms with E-state index in [0.717, 1.165) is 0 Å². The number of aliphatic carboxylic acids is 2. The van der Waals surface area contributed by atoms with E-state index >= 15 is 0 Å². The molecule has 0 aliphatic heterocycles. The number of halogens is 6. The lowest BCUT2D eigenvalue weighted by Crippen LogP contribution is -2.18. The molecule has 0 aromatic heterocycles.